The molecule has 2 fully saturated rings. The van der Waals surface area contributed by atoms with E-state index in [1.807, 2.05) is 6.92 Å². The van der Waals surface area contributed by atoms with Gasteiger partial charge in [-0.1, -0.05) is 20.8 Å². The summed E-state index contributed by atoms with van der Waals surface area (Å²) < 4.78 is 0. The van der Waals surface area contributed by atoms with E-state index in [4.69, 9.17) is 5.11 Å². The van der Waals surface area contributed by atoms with Crippen LogP contribution in [0.15, 0.2) is 0 Å². The lowest BCUT2D eigenvalue weighted by Gasteiger charge is -2.36. The molecule has 0 heterocycles. The molecule has 0 amide bonds. The summed E-state index contributed by atoms with van der Waals surface area (Å²) in [6.07, 6.45) is 1.22. The zero-order valence-electron chi connectivity index (χ0n) is 8.95. The minimum absolute atomic E-state index is 0.0462. The van der Waals surface area contributed by atoms with E-state index in [1.54, 1.807) is 0 Å². The molecule has 0 saturated heterocycles. The third-order valence-electron chi connectivity index (χ3n) is 5.09. The fourth-order valence-electron chi connectivity index (χ4n) is 3.64. The smallest absolute Gasteiger partial charge is 0.309 e. The van der Waals surface area contributed by atoms with Crippen molar-refractivity contribution in [1.82, 2.24) is 0 Å². The van der Waals surface area contributed by atoms with Gasteiger partial charge in [0.05, 0.1) is 12.0 Å². The third-order valence-corrected chi connectivity index (χ3v) is 5.09. The number of carbonyl (C=O) groups is 1. The Kier molecular flexibility index (Phi) is 1.79. The van der Waals surface area contributed by atoms with Crippen LogP contribution >= 0.6 is 0 Å². The van der Waals surface area contributed by atoms with E-state index in [9.17, 15) is 9.90 Å². The first-order chi connectivity index (χ1) is 6.32. The zero-order valence-corrected chi connectivity index (χ0v) is 8.95. The number of aliphatic carboxylic acids is 1. The minimum Gasteiger partial charge on any atom is -0.481 e. The summed E-state index contributed by atoms with van der Waals surface area (Å²) in [6, 6.07) is 0. The van der Waals surface area contributed by atoms with E-state index in [-0.39, 0.29) is 16.7 Å². The second kappa shape index (κ2) is 2.51. The Morgan fingerprint density at radius 3 is 2.21 bits per heavy atom. The van der Waals surface area contributed by atoms with Gasteiger partial charge in [0.15, 0.2) is 0 Å². The van der Waals surface area contributed by atoms with Crippen molar-refractivity contribution in [2.45, 2.75) is 39.7 Å². The van der Waals surface area contributed by atoms with Crippen LogP contribution in [0.1, 0.15) is 33.6 Å². The van der Waals surface area contributed by atoms with Crippen LogP contribution in [0.2, 0.25) is 0 Å². The highest BCUT2D eigenvalue weighted by Gasteiger charge is 2.67. The van der Waals surface area contributed by atoms with Crippen LogP contribution in [0.5, 0.6) is 0 Å². The van der Waals surface area contributed by atoms with Gasteiger partial charge in [-0.05, 0) is 29.6 Å². The largest absolute Gasteiger partial charge is 0.481 e. The molecule has 0 aromatic carbocycles. The lowest BCUT2D eigenvalue weighted by Crippen LogP contribution is -2.39. The topological polar surface area (TPSA) is 57.5 Å². The molecular weight excluding hydrogens is 180 g/mol. The molecule has 0 spiro atoms. The Morgan fingerprint density at radius 2 is 1.93 bits per heavy atom. The van der Waals surface area contributed by atoms with Crippen LogP contribution in [0, 0.1) is 22.7 Å². The van der Waals surface area contributed by atoms with Crippen molar-refractivity contribution in [3.8, 4) is 0 Å². The lowest BCUT2D eigenvalue weighted by atomic mass is 9.70. The molecular formula is C11H18O3. The predicted molar refractivity (Wildman–Crippen MR) is 51.7 cm³/mol. The van der Waals surface area contributed by atoms with Crippen LogP contribution in [0.3, 0.4) is 0 Å². The molecule has 4 atom stereocenters. The molecule has 2 N–H and O–H groups in total. The van der Waals surface area contributed by atoms with Crippen molar-refractivity contribution in [2.24, 2.45) is 22.7 Å². The number of aliphatic hydroxyl groups excluding tert-OH is 1. The fraction of sp³-hybridized carbons (Fsp3) is 0.909. The summed E-state index contributed by atoms with van der Waals surface area (Å²) in [7, 11) is 0. The molecule has 2 aliphatic carbocycles. The highest BCUT2D eigenvalue weighted by molar-refractivity contribution is 5.72. The summed E-state index contributed by atoms with van der Waals surface area (Å²) in [5.41, 5.74) is -0.254. The maximum absolute atomic E-state index is 11.1. The molecule has 3 heteroatoms. The van der Waals surface area contributed by atoms with Gasteiger partial charge in [0.25, 0.3) is 0 Å². The van der Waals surface area contributed by atoms with Gasteiger partial charge in [0.2, 0.25) is 0 Å². The Labute approximate surface area is 84.1 Å². The summed E-state index contributed by atoms with van der Waals surface area (Å²) in [6.45, 7) is 6.22. The molecule has 0 radical (unpaired) electrons. The molecule has 0 aliphatic heterocycles. The average molecular weight is 198 g/mol. The number of carboxylic acids is 1. The number of fused-ring (bicyclic) bond motifs is 2. The summed E-state index contributed by atoms with van der Waals surface area (Å²) >= 11 is 0. The molecule has 3 nitrogen and oxygen atoms in total. The fourth-order valence-corrected chi connectivity index (χ4v) is 3.64. The van der Waals surface area contributed by atoms with Gasteiger partial charge in [0.1, 0.15) is 0 Å². The second-order valence-electron chi connectivity index (χ2n) is 5.59. The van der Waals surface area contributed by atoms with Crippen molar-refractivity contribution in [2.75, 3.05) is 0 Å². The molecule has 2 aliphatic rings. The first kappa shape index (κ1) is 9.97. The van der Waals surface area contributed by atoms with E-state index in [0.717, 1.165) is 12.8 Å². The summed E-state index contributed by atoms with van der Waals surface area (Å²) in [5.74, 6) is -1.25. The zero-order chi connectivity index (χ0) is 10.7. The van der Waals surface area contributed by atoms with Crippen LogP contribution in [0.25, 0.3) is 0 Å². The van der Waals surface area contributed by atoms with E-state index < -0.39 is 18.0 Å². The van der Waals surface area contributed by atoms with Crippen LogP contribution < -0.4 is 0 Å². The maximum Gasteiger partial charge on any atom is 0.309 e. The van der Waals surface area contributed by atoms with Crippen LogP contribution in [-0.4, -0.2) is 22.3 Å². The Morgan fingerprint density at radius 1 is 1.36 bits per heavy atom. The van der Waals surface area contributed by atoms with Gasteiger partial charge in [0, 0.05) is 0 Å². The monoisotopic (exact) mass is 198 g/mol. The van der Waals surface area contributed by atoms with E-state index in [0.29, 0.717) is 0 Å². The number of carboxylic acid groups (broad SMARTS) is 1. The van der Waals surface area contributed by atoms with Gasteiger partial charge in [-0.2, -0.15) is 0 Å². The minimum atomic E-state index is -0.834. The van der Waals surface area contributed by atoms with Gasteiger partial charge in [-0.15, -0.1) is 0 Å². The molecule has 0 aromatic heterocycles. The molecule has 0 aromatic rings. The standard InChI is InChI=1S/C11H18O3/c1-10(2)6-4-5-11(10,3)8(12)7(6)9(13)14/h6-8,12H,4-5H2,1-3H3,(H,13,14)/t6-,7+,8-,11+/m1/s1. The first-order valence-corrected chi connectivity index (χ1v) is 5.23. The summed E-state index contributed by atoms with van der Waals surface area (Å²) in [5, 5.41) is 19.2. The number of rotatable bonds is 1. The molecule has 80 valence electrons. The quantitative estimate of drug-likeness (QED) is 0.671. The van der Waals surface area contributed by atoms with Crippen LogP contribution in [-0.2, 0) is 4.79 Å². The normalized spacial score (nSPS) is 49.6. The maximum atomic E-state index is 11.1. The molecule has 2 rings (SSSR count). The predicted octanol–water partition coefficient (Wildman–Crippen LogP) is 1.50. The van der Waals surface area contributed by atoms with Crippen molar-refractivity contribution in [3.63, 3.8) is 0 Å². The van der Waals surface area contributed by atoms with Crippen molar-refractivity contribution in [1.29, 1.82) is 0 Å². The lowest BCUT2D eigenvalue weighted by molar-refractivity contribution is -0.149. The van der Waals surface area contributed by atoms with Gasteiger partial charge in [-0.25, -0.2) is 0 Å². The number of aliphatic hydroxyl groups is 1. The third kappa shape index (κ3) is 0.842. The summed E-state index contributed by atoms with van der Waals surface area (Å²) in [4.78, 5) is 11.1. The SMILES string of the molecule is CC1(C)[C@@H]2CC[C@@]1(C)[C@H](O)[C@H]2C(=O)O. The van der Waals surface area contributed by atoms with Gasteiger partial charge in [-0.3, -0.25) is 4.79 Å². The van der Waals surface area contributed by atoms with E-state index >= 15 is 0 Å². The van der Waals surface area contributed by atoms with E-state index in [1.165, 1.54) is 0 Å². The Balaban J connectivity index is 2.44. The Bertz CT molecular complexity index is 284. The highest BCUT2D eigenvalue weighted by atomic mass is 16.4. The average Bonchev–Trinajstić information content (AvgIpc) is 2.35. The van der Waals surface area contributed by atoms with Crippen molar-refractivity contribution >= 4 is 5.97 Å². The first-order valence-electron chi connectivity index (χ1n) is 5.23. The number of hydrogen-bond donors (Lipinski definition) is 2. The second-order valence-corrected chi connectivity index (χ2v) is 5.59. The molecule has 2 bridgehead atoms. The number of hydrogen-bond acceptors (Lipinski definition) is 2. The van der Waals surface area contributed by atoms with E-state index in [2.05, 4.69) is 13.8 Å². The van der Waals surface area contributed by atoms with Crippen LogP contribution in [0.4, 0.5) is 0 Å². The Hall–Kier alpha value is -0.570. The van der Waals surface area contributed by atoms with Crippen molar-refractivity contribution in [3.05, 3.63) is 0 Å². The molecule has 0 unspecified atom stereocenters. The highest BCUT2D eigenvalue weighted by Crippen LogP contribution is 2.67. The van der Waals surface area contributed by atoms with Crippen molar-refractivity contribution < 1.29 is 15.0 Å². The van der Waals surface area contributed by atoms with Gasteiger partial charge < -0.3 is 10.2 Å². The molecule has 14 heavy (non-hydrogen) atoms. The molecule has 2 saturated carbocycles. The van der Waals surface area contributed by atoms with Gasteiger partial charge >= 0.3 is 5.97 Å².